The Balaban J connectivity index is 1.83. The van der Waals surface area contributed by atoms with E-state index in [4.69, 9.17) is 4.74 Å². The van der Waals surface area contributed by atoms with E-state index in [-0.39, 0.29) is 11.9 Å². The summed E-state index contributed by atoms with van der Waals surface area (Å²) in [6, 6.07) is 0. The Morgan fingerprint density at radius 1 is 1.29 bits per heavy atom. The first-order valence-corrected chi connectivity index (χ1v) is 9.76. The Bertz CT molecular complexity index is 620. The quantitative estimate of drug-likeness (QED) is 0.827. The first-order chi connectivity index (χ1) is 11.6. The number of ether oxygens (including phenoxy) is 1. The molecule has 0 bridgehead atoms. The summed E-state index contributed by atoms with van der Waals surface area (Å²) in [5, 5.41) is 3.67. The molecule has 24 heavy (non-hydrogen) atoms. The van der Waals surface area contributed by atoms with Crippen molar-refractivity contribution in [1.82, 2.24) is 4.90 Å². The molecule has 1 N–H and O–H groups in total. The van der Waals surface area contributed by atoms with Crippen molar-refractivity contribution >= 4 is 28.2 Å². The van der Waals surface area contributed by atoms with Crippen molar-refractivity contribution in [3.8, 4) is 0 Å². The molecule has 6 heteroatoms. The molecule has 3 rings (SSSR count). The highest BCUT2D eigenvalue weighted by Gasteiger charge is 2.31. The van der Waals surface area contributed by atoms with Crippen LogP contribution in [0, 0.1) is 0 Å². The van der Waals surface area contributed by atoms with Gasteiger partial charge in [-0.1, -0.05) is 6.92 Å². The van der Waals surface area contributed by atoms with Gasteiger partial charge in [0.25, 0.3) is 0 Å². The number of anilines is 1. The fourth-order valence-electron chi connectivity index (χ4n) is 3.71. The molecule has 1 aliphatic heterocycles. The van der Waals surface area contributed by atoms with Gasteiger partial charge in [-0.15, -0.1) is 11.3 Å². The van der Waals surface area contributed by atoms with Crippen LogP contribution < -0.4 is 5.32 Å². The van der Waals surface area contributed by atoms with Crippen molar-refractivity contribution in [2.75, 3.05) is 31.6 Å². The topological polar surface area (TPSA) is 58.6 Å². The third kappa shape index (κ3) is 3.64. The third-order valence-corrected chi connectivity index (χ3v) is 6.03. The number of amides is 1. The standard InChI is InChI=1S/C18H26N2O3S/c1-3-23-18(22)16-15-12(2)7-6-8-13(15)24-17(16)19-14(21)11-20-9-4-5-10-20/h12H,3-11H2,1-2H3,(H,19,21). The zero-order chi connectivity index (χ0) is 17.1. The largest absolute Gasteiger partial charge is 0.462 e. The number of hydrogen-bond donors (Lipinski definition) is 1. The van der Waals surface area contributed by atoms with E-state index in [1.165, 1.54) is 4.88 Å². The molecule has 0 spiro atoms. The number of carbonyl (C=O) groups is 2. The second kappa shape index (κ2) is 7.66. The van der Waals surface area contributed by atoms with Gasteiger partial charge in [0, 0.05) is 4.88 Å². The highest BCUT2D eigenvalue weighted by atomic mass is 32.1. The van der Waals surface area contributed by atoms with Gasteiger partial charge in [0.05, 0.1) is 18.7 Å². The third-order valence-electron chi connectivity index (χ3n) is 4.85. The minimum atomic E-state index is -0.305. The molecule has 1 unspecified atom stereocenters. The van der Waals surface area contributed by atoms with Gasteiger partial charge < -0.3 is 10.1 Å². The first kappa shape index (κ1) is 17.4. The molecule has 1 aliphatic carbocycles. The van der Waals surface area contributed by atoms with Crippen LogP contribution in [0.25, 0.3) is 0 Å². The Hall–Kier alpha value is -1.40. The van der Waals surface area contributed by atoms with E-state index in [0.29, 0.717) is 29.6 Å². The molecule has 5 nitrogen and oxygen atoms in total. The average Bonchev–Trinajstić information content (AvgIpc) is 3.15. The summed E-state index contributed by atoms with van der Waals surface area (Å²) < 4.78 is 5.26. The SMILES string of the molecule is CCOC(=O)c1c(NC(=O)CN2CCCC2)sc2c1C(C)CCC2. The molecule has 1 aromatic rings. The molecule has 1 saturated heterocycles. The molecular formula is C18H26N2O3S. The zero-order valence-corrected chi connectivity index (χ0v) is 15.3. The molecule has 1 atom stereocenters. The Morgan fingerprint density at radius 3 is 2.75 bits per heavy atom. The number of nitrogens with one attached hydrogen (secondary N) is 1. The smallest absolute Gasteiger partial charge is 0.341 e. The van der Waals surface area contributed by atoms with E-state index in [9.17, 15) is 9.59 Å². The first-order valence-electron chi connectivity index (χ1n) is 8.95. The van der Waals surface area contributed by atoms with Gasteiger partial charge in [-0.25, -0.2) is 4.79 Å². The number of aryl methyl sites for hydroxylation is 1. The number of thiophene rings is 1. The zero-order valence-electron chi connectivity index (χ0n) is 14.5. The molecule has 1 aromatic heterocycles. The lowest BCUT2D eigenvalue weighted by Crippen LogP contribution is -2.31. The number of nitrogens with zero attached hydrogens (tertiary/aromatic N) is 1. The van der Waals surface area contributed by atoms with Gasteiger partial charge in [0.1, 0.15) is 5.00 Å². The van der Waals surface area contributed by atoms with Gasteiger partial charge in [-0.2, -0.15) is 0 Å². The van der Waals surface area contributed by atoms with E-state index >= 15 is 0 Å². The van der Waals surface area contributed by atoms with Crippen LogP contribution in [-0.2, 0) is 16.0 Å². The normalized spacial score (nSPS) is 20.7. The predicted octanol–water partition coefficient (Wildman–Crippen LogP) is 3.40. The maximum Gasteiger partial charge on any atom is 0.341 e. The second-order valence-corrected chi connectivity index (χ2v) is 7.79. The Labute approximate surface area is 147 Å². The monoisotopic (exact) mass is 350 g/mol. The van der Waals surface area contributed by atoms with E-state index in [1.807, 2.05) is 6.92 Å². The molecule has 2 aliphatic rings. The van der Waals surface area contributed by atoms with Crippen LogP contribution in [0.3, 0.4) is 0 Å². The Morgan fingerprint density at radius 2 is 2.04 bits per heavy atom. The number of hydrogen-bond acceptors (Lipinski definition) is 5. The van der Waals surface area contributed by atoms with E-state index in [2.05, 4.69) is 17.1 Å². The van der Waals surface area contributed by atoms with Gasteiger partial charge in [-0.05, 0) is 63.6 Å². The predicted molar refractivity (Wildman–Crippen MR) is 95.9 cm³/mol. The summed E-state index contributed by atoms with van der Waals surface area (Å²) in [6.45, 7) is 6.68. The summed E-state index contributed by atoms with van der Waals surface area (Å²) in [6.07, 6.45) is 5.52. The fourth-order valence-corrected chi connectivity index (χ4v) is 5.08. The summed E-state index contributed by atoms with van der Waals surface area (Å²) in [5.41, 5.74) is 1.69. The van der Waals surface area contributed by atoms with Crippen molar-refractivity contribution in [1.29, 1.82) is 0 Å². The van der Waals surface area contributed by atoms with Crippen LogP contribution in [-0.4, -0.2) is 43.0 Å². The maximum absolute atomic E-state index is 12.5. The maximum atomic E-state index is 12.5. The van der Waals surface area contributed by atoms with Crippen molar-refractivity contribution in [2.24, 2.45) is 0 Å². The lowest BCUT2D eigenvalue weighted by atomic mass is 9.86. The van der Waals surface area contributed by atoms with E-state index in [1.54, 1.807) is 11.3 Å². The van der Waals surface area contributed by atoms with Crippen LogP contribution in [0.5, 0.6) is 0 Å². The summed E-state index contributed by atoms with van der Waals surface area (Å²) >= 11 is 1.55. The minimum Gasteiger partial charge on any atom is -0.462 e. The summed E-state index contributed by atoms with van der Waals surface area (Å²) in [5.74, 6) is 0.00237. The molecule has 0 saturated carbocycles. The number of fused-ring (bicyclic) bond motifs is 1. The molecule has 0 radical (unpaired) electrons. The highest BCUT2D eigenvalue weighted by Crippen LogP contribution is 2.43. The van der Waals surface area contributed by atoms with Crippen LogP contribution in [0.1, 0.15) is 66.2 Å². The minimum absolute atomic E-state index is 0.0336. The summed E-state index contributed by atoms with van der Waals surface area (Å²) in [7, 11) is 0. The lowest BCUT2D eigenvalue weighted by molar-refractivity contribution is -0.117. The number of likely N-dealkylation sites (tertiary alicyclic amines) is 1. The van der Waals surface area contributed by atoms with Gasteiger partial charge in [-0.3, -0.25) is 9.69 Å². The number of rotatable bonds is 5. The van der Waals surface area contributed by atoms with Crippen LogP contribution >= 0.6 is 11.3 Å². The Kier molecular flexibility index (Phi) is 5.56. The fraction of sp³-hybridized carbons (Fsp3) is 0.667. The number of carbonyl (C=O) groups excluding carboxylic acids is 2. The van der Waals surface area contributed by atoms with Gasteiger partial charge in [0.2, 0.25) is 5.91 Å². The van der Waals surface area contributed by atoms with Crippen LogP contribution in [0.2, 0.25) is 0 Å². The van der Waals surface area contributed by atoms with E-state index in [0.717, 1.165) is 50.8 Å². The molecule has 1 amide bonds. The van der Waals surface area contributed by atoms with Crippen molar-refractivity contribution < 1.29 is 14.3 Å². The van der Waals surface area contributed by atoms with E-state index < -0.39 is 0 Å². The van der Waals surface area contributed by atoms with Crippen LogP contribution in [0.15, 0.2) is 0 Å². The van der Waals surface area contributed by atoms with Crippen molar-refractivity contribution in [2.45, 2.75) is 51.9 Å². The molecule has 1 fully saturated rings. The molecular weight excluding hydrogens is 324 g/mol. The number of esters is 1. The average molecular weight is 350 g/mol. The van der Waals surface area contributed by atoms with Crippen molar-refractivity contribution in [3.63, 3.8) is 0 Å². The second-order valence-electron chi connectivity index (χ2n) is 6.69. The van der Waals surface area contributed by atoms with Gasteiger partial charge in [0.15, 0.2) is 0 Å². The van der Waals surface area contributed by atoms with Gasteiger partial charge >= 0.3 is 5.97 Å². The molecule has 2 heterocycles. The van der Waals surface area contributed by atoms with Crippen LogP contribution in [0.4, 0.5) is 5.00 Å². The highest BCUT2D eigenvalue weighted by molar-refractivity contribution is 7.17. The molecule has 0 aromatic carbocycles. The molecule has 132 valence electrons. The lowest BCUT2D eigenvalue weighted by Gasteiger charge is -2.19. The summed E-state index contributed by atoms with van der Waals surface area (Å²) in [4.78, 5) is 28.3. The van der Waals surface area contributed by atoms with Crippen molar-refractivity contribution in [3.05, 3.63) is 16.0 Å².